The standard InChI is InChI=1S/C19H20Cl2O5/c1-11-5-6-14-15(17-23-9-12(7-20)25-17)3-2-4-16(14)19(11,22)18-24-10-13(8-21)26-18/h2-6,12-13,17-18,22H,1,7-10H2. The quantitative estimate of drug-likeness (QED) is 0.789. The summed E-state index contributed by atoms with van der Waals surface area (Å²) in [5.41, 5.74) is 1.26. The highest BCUT2D eigenvalue weighted by Crippen LogP contribution is 2.45. The molecule has 5 unspecified atom stereocenters. The molecule has 2 fully saturated rings. The highest BCUT2D eigenvalue weighted by atomic mass is 35.5. The Kier molecular flexibility index (Phi) is 5.14. The number of rotatable bonds is 4. The molecule has 5 atom stereocenters. The maximum absolute atomic E-state index is 11.5. The summed E-state index contributed by atoms with van der Waals surface area (Å²) in [4.78, 5) is 0. The van der Waals surface area contributed by atoms with Gasteiger partial charge in [0.15, 0.2) is 18.2 Å². The molecule has 2 heterocycles. The smallest absolute Gasteiger partial charge is 0.195 e. The van der Waals surface area contributed by atoms with Crippen LogP contribution >= 0.6 is 23.2 Å². The number of ether oxygens (including phenoxy) is 4. The minimum atomic E-state index is -1.51. The molecule has 0 radical (unpaired) electrons. The normalized spacial score (nSPS) is 36.5. The van der Waals surface area contributed by atoms with E-state index in [0.29, 0.717) is 36.1 Å². The van der Waals surface area contributed by atoms with Crippen LogP contribution in [0.25, 0.3) is 6.08 Å². The Morgan fingerprint density at radius 3 is 2.50 bits per heavy atom. The van der Waals surface area contributed by atoms with Crippen LogP contribution in [0.5, 0.6) is 0 Å². The van der Waals surface area contributed by atoms with Gasteiger partial charge >= 0.3 is 0 Å². The van der Waals surface area contributed by atoms with Gasteiger partial charge < -0.3 is 24.1 Å². The van der Waals surface area contributed by atoms with Gasteiger partial charge in [0.05, 0.1) is 37.2 Å². The van der Waals surface area contributed by atoms with Crippen molar-refractivity contribution >= 4 is 29.3 Å². The summed E-state index contributed by atoms with van der Waals surface area (Å²) in [6, 6.07) is 5.60. The number of benzene rings is 1. The molecule has 140 valence electrons. The Labute approximate surface area is 162 Å². The minimum Gasteiger partial charge on any atom is -0.375 e. The topological polar surface area (TPSA) is 57.2 Å². The minimum absolute atomic E-state index is 0.148. The van der Waals surface area contributed by atoms with Gasteiger partial charge in [-0.25, -0.2) is 0 Å². The van der Waals surface area contributed by atoms with E-state index in [1.807, 2.05) is 24.3 Å². The van der Waals surface area contributed by atoms with Crippen LogP contribution in [0, 0.1) is 0 Å². The summed E-state index contributed by atoms with van der Waals surface area (Å²) in [5.74, 6) is 0.664. The van der Waals surface area contributed by atoms with Crippen LogP contribution in [0.15, 0.2) is 36.4 Å². The molecule has 1 N–H and O–H groups in total. The van der Waals surface area contributed by atoms with Crippen molar-refractivity contribution in [2.75, 3.05) is 25.0 Å². The summed E-state index contributed by atoms with van der Waals surface area (Å²) in [6.45, 7) is 4.77. The Morgan fingerprint density at radius 1 is 1.08 bits per heavy atom. The Hall–Kier alpha value is -0.920. The molecule has 26 heavy (non-hydrogen) atoms. The first kappa shape index (κ1) is 18.4. The van der Waals surface area contributed by atoms with Gasteiger partial charge in [-0.05, 0) is 11.1 Å². The Bertz CT molecular complexity index is 737. The largest absolute Gasteiger partial charge is 0.375 e. The van der Waals surface area contributed by atoms with Crippen LogP contribution in [-0.2, 0) is 24.5 Å². The fourth-order valence-electron chi connectivity index (χ4n) is 3.51. The Morgan fingerprint density at radius 2 is 1.81 bits per heavy atom. The van der Waals surface area contributed by atoms with Crippen LogP contribution in [0.1, 0.15) is 23.0 Å². The average molecular weight is 399 g/mol. The molecule has 3 aliphatic rings. The van der Waals surface area contributed by atoms with E-state index in [1.165, 1.54) is 0 Å². The summed E-state index contributed by atoms with van der Waals surface area (Å²) < 4.78 is 23.1. The first-order chi connectivity index (χ1) is 12.6. The van der Waals surface area contributed by atoms with Crippen LogP contribution < -0.4 is 0 Å². The zero-order valence-electron chi connectivity index (χ0n) is 14.1. The highest BCUT2D eigenvalue weighted by molar-refractivity contribution is 6.18. The van der Waals surface area contributed by atoms with E-state index in [-0.39, 0.29) is 12.2 Å². The maximum atomic E-state index is 11.5. The molecule has 0 bridgehead atoms. The van der Waals surface area contributed by atoms with Gasteiger partial charge in [-0.3, -0.25) is 0 Å². The molecule has 2 saturated heterocycles. The molecular weight excluding hydrogens is 379 g/mol. The van der Waals surface area contributed by atoms with Crippen molar-refractivity contribution in [1.29, 1.82) is 0 Å². The van der Waals surface area contributed by atoms with Crippen LogP contribution in [0.2, 0.25) is 0 Å². The van der Waals surface area contributed by atoms with E-state index in [0.717, 1.165) is 11.1 Å². The lowest BCUT2D eigenvalue weighted by Gasteiger charge is -2.38. The molecule has 0 spiro atoms. The summed E-state index contributed by atoms with van der Waals surface area (Å²) in [5, 5.41) is 11.5. The van der Waals surface area contributed by atoms with Crippen LogP contribution in [0.4, 0.5) is 0 Å². The van der Waals surface area contributed by atoms with Crippen molar-refractivity contribution in [2.45, 2.75) is 30.4 Å². The molecule has 0 amide bonds. The molecule has 5 nitrogen and oxygen atoms in total. The van der Waals surface area contributed by atoms with E-state index < -0.39 is 18.2 Å². The van der Waals surface area contributed by atoms with Crippen molar-refractivity contribution in [3.63, 3.8) is 0 Å². The number of hydrogen-bond acceptors (Lipinski definition) is 5. The predicted octanol–water partition coefficient (Wildman–Crippen LogP) is 3.09. The van der Waals surface area contributed by atoms with Gasteiger partial charge in [0.2, 0.25) is 0 Å². The second-order valence-electron chi connectivity index (χ2n) is 6.59. The average Bonchev–Trinajstić information content (AvgIpc) is 3.33. The van der Waals surface area contributed by atoms with E-state index in [4.69, 9.17) is 42.1 Å². The first-order valence-electron chi connectivity index (χ1n) is 8.47. The number of hydrogen-bond donors (Lipinski definition) is 1. The number of halogens is 2. The third-order valence-corrected chi connectivity index (χ3v) is 5.62. The summed E-state index contributed by atoms with van der Waals surface area (Å²) in [6.07, 6.45) is 1.84. The van der Waals surface area contributed by atoms with Gasteiger partial charge in [-0.2, -0.15) is 0 Å². The first-order valence-corrected chi connectivity index (χ1v) is 9.54. The van der Waals surface area contributed by atoms with E-state index in [9.17, 15) is 5.11 Å². The van der Waals surface area contributed by atoms with Crippen molar-refractivity contribution < 1.29 is 24.1 Å². The molecule has 7 heteroatoms. The van der Waals surface area contributed by atoms with E-state index in [2.05, 4.69) is 6.58 Å². The Balaban J connectivity index is 1.72. The second-order valence-corrected chi connectivity index (χ2v) is 7.21. The van der Waals surface area contributed by atoms with Gasteiger partial charge in [-0.15, -0.1) is 23.2 Å². The van der Waals surface area contributed by atoms with Crippen molar-refractivity contribution in [3.8, 4) is 0 Å². The molecule has 0 aromatic heterocycles. The molecule has 1 aromatic carbocycles. The number of fused-ring (bicyclic) bond motifs is 1. The van der Waals surface area contributed by atoms with Crippen LogP contribution in [0.3, 0.4) is 0 Å². The van der Waals surface area contributed by atoms with Gasteiger partial charge in [0.25, 0.3) is 0 Å². The lowest BCUT2D eigenvalue weighted by atomic mass is 9.77. The monoisotopic (exact) mass is 398 g/mol. The predicted molar refractivity (Wildman–Crippen MR) is 98.1 cm³/mol. The molecular formula is C19H20Cl2O5. The lowest BCUT2D eigenvalue weighted by Crippen LogP contribution is -2.43. The third kappa shape index (κ3) is 2.92. The fraction of sp³-hybridized carbons (Fsp3) is 0.474. The van der Waals surface area contributed by atoms with E-state index >= 15 is 0 Å². The summed E-state index contributed by atoms with van der Waals surface area (Å²) in [7, 11) is 0. The lowest BCUT2D eigenvalue weighted by molar-refractivity contribution is -0.173. The summed E-state index contributed by atoms with van der Waals surface area (Å²) >= 11 is 11.7. The number of alkyl halides is 2. The zero-order valence-corrected chi connectivity index (χ0v) is 15.6. The molecule has 4 rings (SSSR count). The van der Waals surface area contributed by atoms with Crippen molar-refractivity contribution in [1.82, 2.24) is 0 Å². The highest BCUT2D eigenvalue weighted by Gasteiger charge is 2.49. The third-order valence-electron chi connectivity index (χ3n) is 4.93. The van der Waals surface area contributed by atoms with Gasteiger partial charge in [0.1, 0.15) is 0 Å². The molecule has 2 aliphatic heterocycles. The zero-order chi connectivity index (χ0) is 18.3. The molecule has 1 aliphatic carbocycles. The maximum Gasteiger partial charge on any atom is 0.195 e. The molecule has 0 saturated carbocycles. The second kappa shape index (κ2) is 7.24. The van der Waals surface area contributed by atoms with Crippen LogP contribution in [-0.4, -0.2) is 48.6 Å². The molecule has 1 aromatic rings. The van der Waals surface area contributed by atoms with Crippen molar-refractivity contribution in [2.24, 2.45) is 0 Å². The van der Waals surface area contributed by atoms with Gasteiger partial charge in [0, 0.05) is 11.1 Å². The number of aliphatic hydroxyl groups is 1. The fourth-order valence-corrected chi connectivity index (χ4v) is 3.83. The van der Waals surface area contributed by atoms with Crippen molar-refractivity contribution in [3.05, 3.63) is 53.1 Å². The van der Waals surface area contributed by atoms with Gasteiger partial charge in [-0.1, -0.05) is 36.9 Å². The SMILES string of the molecule is C=C1C=Cc2c(C3OCC(CCl)O3)cccc2C1(O)C1OCC(CCl)O1. The van der Waals surface area contributed by atoms with E-state index in [1.54, 1.807) is 6.08 Å².